The average molecular weight is 240 g/mol. The Bertz CT molecular complexity index is 313. The second kappa shape index (κ2) is 7.30. The van der Waals surface area contributed by atoms with E-state index in [1.165, 1.54) is 11.8 Å². The summed E-state index contributed by atoms with van der Waals surface area (Å²) in [7, 11) is 0. The summed E-state index contributed by atoms with van der Waals surface area (Å²) in [6, 6.07) is 9.84. The van der Waals surface area contributed by atoms with Crippen molar-refractivity contribution in [3.8, 4) is 0 Å². The highest BCUT2D eigenvalue weighted by molar-refractivity contribution is 8.00. The molecule has 4 heteroatoms. The summed E-state index contributed by atoms with van der Waals surface area (Å²) in [5.74, 6) is -0.351. The number of benzene rings is 1. The van der Waals surface area contributed by atoms with Gasteiger partial charge in [-0.25, -0.2) is 0 Å². The molecule has 0 aliphatic rings. The predicted molar refractivity (Wildman–Crippen MR) is 65.4 cm³/mol. The first kappa shape index (κ1) is 13.1. The minimum Gasteiger partial charge on any atom is -0.480 e. The third-order valence-corrected chi connectivity index (χ3v) is 3.35. The van der Waals surface area contributed by atoms with Crippen LogP contribution >= 0.6 is 11.8 Å². The number of hydrogen-bond donors (Lipinski definition) is 1. The summed E-state index contributed by atoms with van der Waals surface area (Å²) >= 11 is 1.33. The number of ether oxygens (including phenoxy) is 1. The Balaban J connectivity index is 2.19. The van der Waals surface area contributed by atoms with Gasteiger partial charge in [-0.15, -0.1) is 11.8 Å². The van der Waals surface area contributed by atoms with E-state index in [0.717, 1.165) is 5.56 Å². The molecule has 88 valence electrons. The van der Waals surface area contributed by atoms with Gasteiger partial charge in [0.25, 0.3) is 0 Å². The lowest BCUT2D eigenvalue weighted by Crippen LogP contribution is -2.16. The zero-order valence-electron chi connectivity index (χ0n) is 9.26. The van der Waals surface area contributed by atoms with Crippen LogP contribution in [0.3, 0.4) is 0 Å². The molecule has 0 saturated heterocycles. The van der Waals surface area contributed by atoms with Crippen LogP contribution in [-0.2, 0) is 16.1 Å². The SMILES string of the molecule is CCC(SCOCc1ccccc1)C(=O)O. The zero-order chi connectivity index (χ0) is 11.8. The van der Waals surface area contributed by atoms with Crippen molar-refractivity contribution in [3.63, 3.8) is 0 Å². The zero-order valence-corrected chi connectivity index (χ0v) is 10.1. The molecule has 1 atom stereocenters. The monoisotopic (exact) mass is 240 g/mol. The first-order valence-corrected chi connectivity index (χ1v) is 6.25. The van der Waals surface area contributed by atoms with Crippen molar-refractivity contribution < 1.29 is 14.6 Å². The Hall–Kier alpha value is -1.00. The number of carboxylic acid groups (broad SMARTS) is 1. The van der Waals surface area contributed by atoms with E-state index in [9.17, 15) is 4.79 Å². The van der Waals surface area contributed by atoms with Gasteiger partial charge in [0.1, 0.15) is 5.25 Å². The fourth-order valence-corrected chi connectivity index (χ4v) is 1.95. The molecule has 1 aromatic rings. The van der Waals surface area contributed by atoms with Crippen molar-refractivity contribution in [1.82, 2.24) is 0 Å². The summed E-state index contributed by atoms with van der Waals surface area (Å²) in [6.07, 6.45) is 0.620. The number of carbonyl (C=O) groups is 1. The highest BCUT2D eigenvalue weighted by Crippen LogP contribution is 2.15. The van der Waals surface area contributed by atoms with E-state index in [1.807, 2.05) is 37.3 Å². The molecule has 0 heterocycles. The predicted octanol–water partition coefficient (Wildman–Crippen LogP) is 2.76. The second-order valence-electron chi connectivity index (χ2n) is 3.35. The maximum Gasteiger partial charge on any atom is 0.316 e. The highest BCUT2D eigenvalue weighted by Gasteiger charge is 2.14. The standard InChI is InChI=1S/C12H16O3S/c1-2-11(12(13)14)16-9-15-8-10-6-4-3-5-7-10/h3-7,11H,2,8-9H2,1H3,(H,13,14). The van der Waals surface area contributed by atoms with Crippen LogP contribution < -0.4 is 0 Å². The molecule has 1 unspecified atom stereocenters. The number of aliphatic carboxylic acids is 1. The van der Waals surface area contributed by atoms with E-state index in [2.05, 4.69) is 0 Å². The summed E-state index contributed by atoms with van der Waals surface area (Å²) in [4.78, 5) is 10.7. The summed E-state index contributed by atoms with van der Waals surface area (Å²) in [5.41, 5.74) is 1.10. The van der Waals surface area contributed by atoms with Crippen LogP contribution in [0.4, 0.5) is 0 Å². The van der Waals surface area contributed by atoms with Crippen LogP contribution in [0.2, 0.25) is 0 Å². The summed E-state index contributed by atoms with van der Waals surface area (Å²) < 4.78 is 5.40. The van der Waals surface area contributed by atoms with Gasteiger partial charge in [0.2, 0.25) is 0 Å². The van der Waals surface area contributed by atoms with Gasteiger partial charge in [-0.3, -0.25) is 4.79 Å². The molecule has 0 aliphatic heterocycles. The molecule has 0 aromatic heterocycles. The molecule has 0 bridgehead atoms. The molecule has 1 rings (SSSR count). The molecule has 0 saturated carbocycles. The van der Waals surface area contributed by atoms with Crippen LogP contribution in [-0.4, -0.2) is 22.3 Å². The lowest BCUT2D eigenvalue weighted by Gasteiger charge is -2.09. The van der Waals surface area contributed by atoms with E-state index in [4.69, 9.17) is 9.84 Å². The Labute approximate surface area is 99.8 Å². The quantitative estimate of drug-likeness (QED) is 0.588. The topological polar surface area (TPSA) is 46.5 Å². The molecule has 1 aromatic carbocycles. The number of carboxylic acids is 1. The van der Waals surface area contributed by atoms with Gasteiger partial charge < -0.3 is 9.84 Å². The van der Waals surface area contributed by atoms with Gasteiger partial charge in [-0.2, -0.15) is 0 Å². The second-order valence-corrected chi connectivity index (χ2v) is 4.49. The van der Waals surface area contributed by atoms with Crippen LogP contribution in [0.5, 0.6) is 0 Å². The Kier molecular flexibility index (Phi) is 5.96. The first-order chi connectivity index (χ1) is 7.74. The molecular weight excluding hydrogens is 224 g/mol. The Morgan fingerprint density at radius 1 is 1.44 bits per heavy atom. The van der Waals surface area contributed by atoms with Gasteiger partial charge in [0.15, 0.2) is 0 Å². The third-order valence-electron chi connectivity index (χ3n) is 2.11. The summed E-state index contributed by atoms with van der Waals surface area (Å²) in [5, 5.41) is 8.45. The number of rotatable bonds is 7. The molecule has 1 N–H and O–H groups in total. The molecule has 0 fully saturated rings. The maximum absolute atomic E-state index is 10.7. The molecule has 0 amide bonds. The van der Waals surface area contributed by atoms with Crippen LogP contribution in [0.25, 0.3) is 0 Å². The Morgan fingerprint density at radius 3 is 2.69 bits per heavy atom. The van der Waals surface area contributed by atoms with Crippen molar-refractivity contribution in [1.29, 1.82) is 0 Å². The molecule has 0 spiro atoms. The van der Waals surface area contributed by atoms with Gasteiger partial charge in [-0.05, 0) is 12.0 Å². The van der Waals surface area contributed by atoms with Crippen LogP contribution in [0, 0.1) is 0 Å². The van der Waals surface area contributed by atoms with Crippen molar-refractivity contribution >= 4 is 17.7 Å². The smallest absolute Gasteiger partial charge is 0.316 e. The average Bonchev–Trinajstić information content (AvgIpc) is 2.30. The normalized spacial score (nSPS) is 12.3. The molecule has 0 aliphatic carbocycles. The molecular formula is C12H16O3S. The Morgan fingerprint density at radius 2 is 2.12 bits per heavy atom. The molecule has 3 nitrogen and oxygen atoms in total. The van der Waals surface area contributed by atoms with Crippen molar-refractivity contribution in [2.45, 2.75) is 25.2 Å². The van der Waals surface area contributed by atoms with E-state index in [-0.39, 0.29) is 5.25 Å². The van der Waals surface area contributed by atoms with Crippen molar-refractivity contribution in [2.75, 3.05) is 5.94 Å². The molecule has 16 heavy (non-hydrogen) atoms. The van der Waals surface area contributed by atoms with Crippen LogP contribution in [0.1, 0.15) is 18.9 Å². The summed E-state index contributed by atoms with van der Waals surface area (Å²) in [6.45, 7) is 2.40. The minimum atomic E-state index is -0.768. The van der Waals surface area contributed by atoms with Gasteiger partial charge in [0, 0.05) is 0 Å². The maximum atomic E-state index is 10.7. The van der Waals surface area contributed by atoms with Crippen molar-refractivity contribution in [3.05, 3.63) is 35.9 Å². The lowest BCUT2D eigenvalue weighted by atomic mass is 10.2. The van der Waals surface area contributed by atoms with Crippen LogP contribution in [0.15, 0.2) is 30.3 Å². The third kappa shape index (κ3) is 4.68. The number of hydrogen-bond acceptors (Lipinski definition) is 3. The fraction of sp³-hybridized carbons (Fsp3) is 0.417. The van der Waals surface area contributed by atoms with E-state index >= 15 is 0 Å². The first-order valence-electron chi connectivity index (χ1n) is 5.20. The van der Waals surface area contributed by atoms with E-state index < -0.39 is 5.97 Å². The lowest BCUT2D eigenvalue weighted by molar-refractivity contribution is -0.136. The largest absolute Gasteiger partial charge is 0.480 e. The van der Waals surface area contributed by atoms with Gasteiger partial charge in [-0.1, -0.05) is 37.3 Å². The van der Waals surface area contributed by atoms with E-state index in [1.54, 1.807) is 0 Å². The fourth-order valence-electron chi connectivity index (χ4n) is 1.23. The van der Waals surface area contributed by atoms with Gasteiger partial charge in [0.05, 0.1) is 12.5 Å². The highest BCUT2D eigenvalue weighted by atomic mass is 32.2. The number of thioether (sulfide) groups is 1. The van der Waals surface area contributed by atoms with Crippen molar-refractivity contribution in [2.24, 2.45) is 0 Å². The van der Waals surface area contributed by atoms with Gasteiger partial charge >= 0.3 is 5.97 Å². The molecule has 0 radical (unpaired) electrons. The van der Waals surface area contributed by atoms with E-state index in [0.29, 0.717) is 19.0 Å². The minimum absolute atomic E-state index is 0.365.